The van der Waals surface area contributed by atoms with E-state index in [0.717, 1.165) is 11.1 Å². The van der Waals surface area contributed by atoms with Crippen molar-refractivity contribution in [2.45, 2.75) is 0 Å². The number of aromatic nitrogens is 2. The fourth-order valence-electron chi connectivity index (χ4n) is 2.24. The van der Waals surface area contributed by atoms with Crippen LogP contribution >= 0.6 is 0 Å². The maximum atomic E-state index is 11.8. The Bertz CT molecular complexity index is 885. The van der Waals surface area contributed by atoms with Crippen LogP contribution in [0.5, 0.6) is 0 Å². The number of hydrogen-bond acceptors (Lipinski definition) is 4. The second-order valence-electron chi connectivity index (χ2n) is 4.84. The molecule has 3 aromatic rings. The quantitative estimate of drug-likeness (QED) is 0.511. The highest BCUT2D eigenvalue weighted by atomic mass is 16.1. The molecule has 1 aromatic heterocycles. The minimum absolute atomic E-state index is 0.412. The molecule has 0 saturated heterocycles. The second kappa shape index (κ2) is 5.65. The summed E-state index contributed by atoms with van der Waals surface area (Å²) in [6.45, 7) is 0. The maximum absolute atomic E-state index is 11.8. The number of aromatic amines is 1. The molecule has 2 aromatic carbocycles. The van der Waals surface area contributed by atoms with E-state index in [1.807, 2.05) is 36.4 Å². The highest BCUT2D eigenvalue weighted by Crippen LogP contribution is 2.24. The van der Waals surface area contributed by atoms with Crippen LogP contribution in [0, 0.1) is 5.41 Å². The van der Waals surface area contributed by atoms with Gasteiger partial charge in [0.05, 0.1) is 11.4 Å². The molecule has 0 aliphatic carbocycles. The molecular formula is C17H14N4O. The van der Waals surface area contributed by atoms with E-state index in [9.17, 15) is 4.79 Å². The first kappa shape index (κ1) is 13.8. The van der Waals surface area contributed by atoms with E-state index < -0.39 is 5.69 Å². The molecule has 0 spiro atoms. The zero-order valence-corrected chi connectivity index (χ0v) is 11.7. The average Bonchev–Trinajstić information content (AvgIpc) is 2.55. The number of anilines is 1. The summed E-state index contributed by atoms with van der Waals surface area (Å²) < 4.78 is 0. The smallest absolute Gasteiger partial charge is 0.345 e. The number of nitrogens with zero attached hydrogens (tertiary/aromatic N) is 1. The van der Waals surface area contributed by atoms with Gasteiger partial charge in [-0.3, -0.25) is 0 Å². The molecule has 22 heavy (non-hydrogen) atoms. The summed E-state index contributed by atoms with van der Waals surface area (Å²) in [7, 11) is 0. The van der Waals surface area contributed by atoms with Gasteiger partial charge in [0.25, 0.3) is 0 Å². The molecule has 5 heteroatoms. The van der Waals surface area contributed by atoms with Crippen LogP contribution in [-0.4, -0.2) is 16.2 Å². The zero-order chi connectivity index (χ0) is 15.5. The molecule has 0 amide bonds. The molecule has 0 radical (unpaired) electrons. The van der Waals surface area contributed by atoms with E-state index >= 15 is 0 Å². The van der Waals surface area contributed by atoms with Gasteiger partial charge in [-0.2, -0.15) is 4.98 Å². The van der Waals surface area contributed by atoms with Crippen molar-refractivity contribution >= 4 is 11.9 Å². The highest BCUT2D eigenvalue weighted by molar-refractivity contribution is 5.87. The standard InChI is InChI=1S/C17H14N4O/c18-10-13-8-12(6-7-14(13)19)16-9-15(20-17(22)21-16)11-4-2-1-3-5-11/h1-10,18H,19H2,(H,20,21,22). The summed E-state index contributed by atoms with van der Waals surface area (Å²) in [5.74, 6) is 0. The van der Waals surface area contributed by atoms with Gasteiger partial charge in [-0.25, -0.2) is 4.79 Å². The van der Waals surface area contributed by atoms with E-state index in [1.54, 1.807) is 18.2 Å². The van der Waals surface area contributed by atoms with Crippen molar-refractivity contribution in [3.8, 4) is 22.5 Å². The Labute approximate surface area is 127 Å². The van der Waals surface area contributed by atoms with Crippen molar-refractivity contribution in [3.05, 3.63) is 70.6 Å². The molecular weight excluding hydrogens is 276 g/mol. The van der Waals surface area contributed by atoms with Crippen LogP contribution in [-0.2, 0) is 0 Å². The predicted molar refractivity (Wildman–Crippen MR) is 88.0 cm³/mol. The zero-order valence-electron chi connectivity index (χ0n) is 11.7. The van der Waals surface area contributed by atoms with Crippen LogP contribution < -0.4 is 11.4 Å². The third-order valence-electron chi connectivity index (χ3n) is 3.37. The van der Waals surface area contributed by atoms with Crippen LogP contribution in [0.4, 0.5) is 5.69 Å². The number of benzene rings is 2. The van der Waals surface area contributed by atoms with Crippen molar-refractivity contribution in [1.29, 1.82) is 5.41 Å². The summed E-state index contributed by atoms with van der Waals surface area (Å²) in [6.07, 6.45) is 1.18. The van der Waals surface area contributed by atoms with Crippen LogP contribution in [0.1, 0.15) is 5.56 Å². The Morgan fingerprint density at radius 3 is 2.55 bits per heavy atom. The molecule has 0 unspecified atom stereocenters. The third-order valence-corrected chi connectivity index (χ3v) is 3.37. The summed E-state index contributed by atoms with van der Waals surface area (Å²) >= 11 is 0. The van der Waals surface area contributed by atoms with Crippen molar-refractivity contribution in [2.75, 3.05) is 5.73 Å². The predicted octanol–water partition coefficient (Wildman–Crippen LogP) is 2.68. The fourth-order valence-corrected chi connectivity index (χ4v) is 2.24. The van der Waals surface area contributed by atoms with E-state index in [2.05, 4.69) is 9.97 Å². The Morgan fingerprint density at radius 1 is 1.05 bits per heavy atom. The number of nitrogens with one attached hydrogen (secondary N) is 2. The van der Waals surface area contributed by atoms with Crippen LogP contribution in [0.3, 0.4) is 0 Å². The molecule has 108 valence electrons. The number of H-pyrrole nitrogens is 1. The van der Waals surface area contributed by atoms with Gasteiger partial charge in [0.1, 0.15) is 0 Å². The SMILES string of the molecule is N=Cc1cc(-c2cc(-c3ccccc3)[nH]c(=O)n2)ccc1N. The summed E-state index contributed by atoms with van der Waals surface area (Å²) in [5.41, 5.74) is 9.39. The summed E-state index contributed by atoms with van der Waals surface area (Å²) in [6, 6.07) is 16.6. The molecule has 4 N–H and O–H groups in total. The van der Waals surface area contributed by atoms with Crippen molar-refractivity contribution < 1.29 is 0 Å². The van der Waals surface area contributed by atoms with E-state index in [0.29, 0.717) is 22.6 Å². The Kier molecular flexibility index (Phi) is 3.53. The fraction of sp³-hybridized carbons (Fsp3) is 0. The molecule has 5 nitrogen and oxygen atoms in total. The van der Waals surface area contributed by atoms with Gasteiger partial charge in [0, 0.05) is 23.0 Å². The molecule has 0 aliphatic rings. The highest BCUT2D eigenvalue weighted by Gasteiger charge is 2.07. The lowest BCUT2D eigenvalue weighted by atomic mass is 10.0. The van der Waals surface area contributed by atoms with Crippen molar-refractivity contribution in [2.24, 2.45) is 0 Å². The Hall–Kier alpha value is -3.21. The molecule has 0 fully saturated rings. The summed E-state index contributed by atoms with van der Waals surface area (Å²) in [4.78, 5) is 18.6. The van der Waals surface area contributed by atoms with E-state index in [4.69, 9.17) is 11.1 Å². The van der Waals surface area contributed by atoms with Gasteiger partial charge in [-0.05, 0) is 23.8 Å². The van der Waals surface area contributed by atoms with Gasteiger partial charge in [-0.15, -0.1) is 0 Å². The van der Waals surface area contributed by atoms with Crippen LogP contribution in [0.2, 0.25) is 0 Å². The van der Waals surface area contributed by atoms with Gasteiger partial charge < -0.3 is 16.1 Å². The molecule has 0 aliphatic heterocycles. The lowest BCUT2D eigenvalue weighted by molar-refractivity contribution is 1.09. The maximum Gasteiger partial charge on any atom is 0.345 e. The largest absolute Gasteiger partial charge is 0.398 e. The second-order valence-corrected chi connectivity index (χ2v) is 4.84. The number of hydrogen-bond donors (Lipinski definition) is 3. The number of nitrogen functional groups attached to an aromatic ring is 1. The van der Waals surface area contributed by atoms with Gasteiger partial charge in [0.2, 0.25) is 0 Å². The van der Waals surface area contributed by atoms with Gasteiger partial charge in [-0.1, -0.05) is 36.4 Å². The lowest BCUT2D eigenvalue weighted by Crippen LogP contribution is -2.12. The first-order valence-corrected chi connectivity index (χ1v) is 6.74. The molecule has 1 heterocycles. The van der Waals surface area contributed by atoms with E-state index in [1.165, 1.54) is 6.21 Å². The monoisotopic (exact) mass is 290 g/mol. The minimum atomic E-state index is -0.412. The number of rotatable bonds is 3. The average molecular weight is 290 g/mol. The van der Waals surface area contributed by atoms with Crippen LogP contribution in [0.15, 0.2) is 59.4 Å². The first-order chi connectivity index (χ1) is 10.7. The molecule has 0 atom stereocenters. The van der Waals surface area contributed by atoms with Crippen molar-refractivity contribution in [1.82, 2.24) is 9.97 Å². The van der Waals surface area contributed by atoms with Crippen LogP contribution in [0.25, 0.3) is 22.5 Å². The van der Waals surface area contributed by atoms with E-state index in [-0.39, 0.29) is 0 Å². The van der Waals surface area contributed by atoms with Crippen molar-refractivity contribution in [3.63, 3.8) is 0 Å². The number of nitrogens with two attached hydrogens (primary N) is 1. The third kappa shape index (κ3) is 2.64. The topological polar surface area (TPSA) is 95.6 Å². The lowest BCUT2D eigenvalue weighted by Gasteiger charge is -2.07. The van der Waals surface area contributed by atoms with Gasteiger partial charge in [0.15, 0.2) is 0 Å². The Morgan fingerprint density at radius 2 is 1.82 bits per heavy atom. The molecule has 0 saturated carbocycles. The van der Waals surface area contributed by atoms with Gasteiger partial charge >= 0.3 is 5.69 Å². The minimum Gasteiger partial charge on any atom is -0.398 e. The summed E-state index contributed by atoms with van der Waals surface area (Å²) in [5, 5.41) is 7.37. The molecule has 3 rings (SSSR count). The Balaban J connectivity index is 2.14. The first-order valence-electron chi connectivity index (χ1n) is 6.74. The molecule has 0 bridgehead atoms. The normalized spacial score (nSPS) is 10.4.